The summed E-state index contributed by atoms with van der Waals surface area (Å²) in [4.78, 5) is 27.9. The van der Waals surface area contributed by atoms with Crippen LogP contribution in [0.2, 0.25) is 5.02 Å². The number of anilines is 2. The molecule has 148 valence electrons. The molecule has 0 atom stereocenters. The maximum Gasteiger partial charge on any atom is 0.258 e. The van der Waals surface area contributed by atoms with E-state index in [1.807, 2.05) is 6.07 Å². The van der Waals surface area contributed by atoms with Crippen molar-refractivity contribution in [2.75, 3.05) is 49.1 Å². The molecule has 3 heterocycles. The Morgan fingerprint density at radius 1 is 0.964 bits per heavy atom. The van der Waals surface area contributed by atoms with Gasteiger partial charge in [0.05, 0.1) is 10.6 Å². The molecule has 1 aromatic heterocycles. The van der Waals surface area contributed by atoms with E-state index in [1.54, 1.807) is 11.1 Å². The van der Waals surface area contributed by atoms with Gasteiger partial charge in [-0.1, -0.05) is 17.7 Å². The van der Waals surface area contributed by atoms with Crippen molar-refractivity contribution < 1.29 is 9.18 Å². The van der Waals surface area contributed by atoms with Gasteiger partial charge in [0.1, 0.15) is 11.6 Å². The SMILES string of the molecule is O=C(c1c(F)cccc1Cl)N1CCN(c2ccnc(N3CCCCC3)n2)CC1. The average Bonchev–Trinajstić information content (AvgIpc) is 2.74. The first-order valence-electron chi connectivity index (χ1n) is 9.70. The molecule has 1 aromatic carbocycles. The molecule has 2 aliphatic rings. The van der Waals surface area contributed by atoms with Crippen LogP contribution in [0, 0.1) is 5.82 Å². The number of nitrogens with zero attached hydrogens (tertiary/aromatic N) is 5. The Kier molecular flexibility index (Phi) is 5.62. The third-order valence-corrected chi connectivity index (χ3v) is 5.65. The number of piperidine rings is 1. The van der Waals surface area contributed by atoms with Crippen molar-refractivity contribution in [2.45, 2.75) is 19.3 Å². The summed E-state index contributed by atoms with van der Waals surface area (Å²) in [6, 6.07) is 6.20. The van der Waals surface area contributed by atoms with Crippen LogP contribution < -0.4 is 9.80 Å². The van der Waals surface area contributed by atoms with Crippen molar-refractivity contribution in [3.8, 4) is 0 Å². The zero-order valence-electron chi connectivity index (χ0n) is 15.7. The molecule has 2 aliphatic heterocycles. The number of rotatable bonds is 3. The number of carbonyl (C=O) groups is 1. The molecule has 0 bridgehead atoms. The highest BCUT2D eigenvalue weighted by Crippen LogP contribution is 2.23. The monoisotopic (exact) mass is 403 g/mol. The van der Waals surface area contributed by atoms with Crippen LogP contribution in [0.3, 0.4) is 0 Å². The first kappa shape index (κ1) is 18.9. The minimum atomic E-state index is -0.582. The zero-order chi connectivity index (χ0) is 19.5. The van der Waals surface area contributed by atoms with Crippen LogP contribution in [0.15, 0.2) is 30.5 Å². The summed E-state index contributed by atoms with van der Waals surface area (Å²) in [6.07, 6.45) is 5.40. The number of hydrogen-bond acceptors (Lipinski definition) is 5. The number of aromatic nitrogens is 2. The van der Waals surface area contributed by atoms with Crippen LogP contribution >= 0.6 is 11.6 Å². The normalized spacial score (nSPS) is 17.7. The first-order chi connectivity index (χ1) is 13.6. The van der Waals surface area contributed by atoms with Gasteiger partial charge in [0, 0.05) is 45.5 Å². The Bertz CT molecular complexity index is 830. The minimum absolute atomic E-state index is 0.0490. The molecular formula is C20H23ClFN5O. The Morgan fingerprint density at radius 2 is 1.71 bits per heavy atom. The van der Waals surface area contributed by atoms with E-state index in [2.05, 4.69) is 14.8 Å². The highest BCUT2D eigenvalue weighted by molar-refractivity contribution is 6.33. The fourth-order valence-electron chi connectivity index (χ4n) is 3.76. The van der Waals surface area contributed by atoms with Crippen molar-refractivity contribution in [2.24, 2.45) is 0 Å². The van der Waals surface area contributed by atoms with Gasteiger partial charge < -0.3 is 14.7 Å². The van der Waals surface area contributed by atoms with Crippen LogP contribution in [0.4, 0.5) is 16.2 Å². The van der Waals surface area contributed by atoms with Gasteiger partial charge in [0.25, 0.3) is 5.91 Å². The summed E-state index contributed by atoms with van der Waals surface area (Å²) in [7, 11) is 0. The lowest BCUT2D eigenvalue weighted by atomic mass is 10.1. The number of benzene rings is 1. The zero-order valence-corrected chi connectivity index (χ0v) is 16.4. The van der Waals surface area contributed by atoms with Crippen LogP contribution in [0.1, 0.15) is 29.6 Å². The molecule has 2 saturated heterocycles. The van der Waals surface area contributed by atoms with Crippen molar-refractivity contribution in [1.29, 1.82) is 0 Å². The summed E-state index contributed by atoms with van der Waals surface area (Å²) in [5.41, 5.74) is -0.0490. The Labute approximate surface area is 168 Å². The molecule has 0 aliphatic carbocycles. The van der Waals surface area contributed by atoms with Crippen molar-refractivity contribution >= 4 is 29.3 Å². The van der Waals surface area contributed by atoms with E-state index in [4.69, 9.17) is 16.6 Å². The van der Waals surface area contributed by atoms with E-state index in [9.17, 15) is 9.18 Å². The fourth-order valence-corrected chi connectivity index (χ4v) is 4.00. The van der Waals surface area contributed by atoms with E-state index < -0.39 is 5.82 Å². The molecule has 6 nitrogen and oxygen atoms in total. The molecule has 0 saturated carbocycles. The predicted octanol–water partition coefficient (Wildman–Crippen LogP) is 3.22. The molecular weight excluding hydrogens is 381 g/mol. The molecule has 0 N–H and O–H groups in total. The summed E-state index contributed by atoms with van der Waals surface area (Å²) in [6.45, 7) is 4.24. The maximum atomic E-state index is 14.1. The molecule has 0 radical (unpaired) electrons. The second-order valence-electron chi connectivity index (χ2n) is 7.14. The third-order valence-electron chi connectivity index (χ3n) is 5.33. The molecule has 0 spiro atoms. The van der Waals surface area contributed by atoms with E-state index in [0.717, 1.165) is 24.9 Å². The largest absolute Gasteiger partial charge is 0.353 e. The molecule has 2 aromatic rings. The molecule has 1 amide bonds. The molecule has 0 unspecified atom stereocenters. The van der Waals surface area contributed by atoms with E-state index >= 15 is 0 Å². The van der Waals surface area contributed by atoms with Crippen LogP contribution in [-0.2, 0) is 0 Å². The third kappa shape index (κ3) is 3.90. The van der Waals surface area contributed by atoms with Gasteiger partial charge >= 0.3 is 0 Å². The molecule has 8 heteroatoms. The van der Waals surface area contributed by atoms with Gasteiger partial charge in [-0.15, -0.1) is 0 Å². The highest BCUT2D eigenvalue weighted by Gasteiger charge is 2.26. The number of piperazine rings is 1. The van der Waals surface area contributed by atoms with Crippen LogP contribution in [0.5, 0.6) is 0 Å². The molecule has 4 rings (SSSR count). The smallest absolute Gasteiger partial charge is 0.258 e. The van der Waals surface area contributed by atoms with Gasteiger partial charge in [-0.25, -0.2) is 9.37 Å². The van der Waals surface area contributed by atoms with Crippen molar-refractivity contribution in [3.63, 3.8) is 0 Å². The summed E-state index contributed by atoms with van der Waals surface area (Å²) in [5.74, 6) is 0.696. The summed E-state index contributed by atoms with van der Waals surface area (Å²) >= 11 is 6.04. The Balaban J connectivity index is 1.42. The van der Waals surface area contributed by atoms with Crippen molar-refractivity contribution in [1.82, 2.24) is 14.9 Å². The summed E-state index contributed by atoms with van der Waals surface area (Å²) < 4.78 is 14.1. The Morgan fingerprint density at radius 3 is 2.43 bits per heavy atom. The van der Waals surface area contributed by atoms with Gasteiger partial charge in [0.15, 0.2) is 0 Å². The van der Waals surface area contributed by atoms with E-state index in [0.29, 0.717) is 26.2 Å². The van der Waals surface area contributed by atoms with E-state index in [1.165, 1.54) is 37.5 Å². The second kappa shape index (κ2) is 8.31. The average molecular weight is 404 g/mol. The highest BCUT2D eigenvalue weighted by atomic mass is 35.5. The number of carbonyl (C=O) groups excluding carboxylic acids is 1. The maximum absolute atomic E-state index is 14.1. The number of hydrogen-bond donors (Lipinski definition) is 0. The van der Waals surface area contributed by atoms with Crippen molar-refractivity contribution in [3.05, 3.63) is 46.9 Å². The van der Waals surface area contributed by atoms with Gasteiger partial charge in [-0.3, -0.25) is 4.79 Å². The molecule has 2 fully saturated rings. The van der Waals surface area contributed by atoms with Crippen LogP contribution in [-0.4, -0.2) is 60.0 Å². The standard InChI is InChI=1S/C20H23ClFN5O/c21-15-5-4-6-16(22)18(15)19(28)26-13-11-25(12-14-26)17-7-8-23-20(24-17)27-9-2-1-3-10-27/h4-8H,1-3,9-14H2. The van der Waals surface area contributed by atoms with Crippen LogP contribution in [0.25, 0.3) is 0 Å². The predicted molar refractivity (Wildman–Crippen MR) is 108 cm³/mol. The first-order valence-corrected chi connectivity index (χ1v) is 10.1. The lowest BCUT2D eigenvalue weighted by molar-refractivity contribution is 0.0742. The number of amides is 1. The summed E-state index contributed by atoms with van der Waals surface area (Å²) in [5, 5.41) is 0.148. The lowest BCUT2D eigenvalue weighted by Gasteiger charge is -2.36. The van der Waals surface area contributed by atoms with Gasteiger partial charge in [-0.05, 0) is 37.5 Å². The van der Waals surface area contributed by atoms with Gasteiger partial charge in [0.2, 0.25) is 5.95 Å². The Hall–Kier alpha value is -2.41. The lowest BCUT2D eigenvalue weighted by Crippen LogP contribution is -2.49. The topological polar surface area (TPSA) is 52.6 Å². The van der Waals surface area contributed by atoms with Gasteiger partial charge in [-0.2, -0.15) is 4.98 Å². The molecule has 28 heavy (non-hydrogen) atoms. The quantitative estimate of drug-likeness (QED) is 0.787. The minimum Gasteiger partial charge on any atom is -0.353 e. The number of halogens is 2. The second-order valence-corrected chi connectivity index (χ2v) is 7.55. The fraction of sp³-hybridized carbons (Fsp3) is 0.450. The van der Waals surface area contributed by atoms with E-state index in [-0.39, 0.29) is 16.5 Å².